The van der Waals surface area contributed by atoms with E-state index in [4.69, 9.17) is 5.11 Å². The maximum absolute atomic E-state index is 13.4. The maximum atomic E-state index is 13.4. The molecule has 0 saturated heterocycles. The monoisotopic (exact) mass is 249 g/mol. The lowest BCUT2D eigenvalue weighted by molar-refractivity contribution is 0.0691. The average Bonchev–Trinajstić information content (AvgIpc) is 2.69. The molecule has 1 N–H and O–H groups in total. The molecule has 92 valence electrons. The third-order valence-electron chi connectivity index (χ3n) is 2.40. The number of aldehydes is 1. The van der Waals surface area contributed by atoms with Gasteiger partial charge in [-0.15, -0.1) is 0 Å². The van der Waals surface area contributed by atoms with E-state index < -0.39 is 17.3 Å². The Morgan fingerprint density at radius 2 is 2.22 bits per heavy atom. The molecule has 0 aliphatic rings. The van der Waals surface area contributed by atoms with Crippen LogP contribution in [0.25, 0.3) is 5.69 Å². The Kier molecular flexibility index (Phi) is 2.88. The Labute approximate surface area is 101 Å². The van der Waals surface area contributed by atoms with Crippen LogP contribution in [0.1, 0.15) is 26.4 Å². The fourth-order valence-electron chi connectivity index (χ4n) is 1.52. The van der Waals surface area contributed by atoms with Gasteiger partial charge in [0.05, 0.1) is 23.7 Å². The van der Waals surface area contributed by atoms with E-state index in [0.29, 0.717) is 17.5 Å². The third kappa shape index (κ3) is 1.86. The lowest BCUT2D eigenvalue weighted by Crippen LogP contribution is -2.09. The molecule has 0 radical (unpaired) electrons. The van der Waals surface area contributed by atoms with Crippen molar-refractivity contribution in [3.05, 3.63) is 41.2 Å². The van der Waals surface area contributed by atoms with Crippen molar-refractivity contribution in [2.45, 2.75) is 6.92 Å². The highest BCUT2D eigenvalue weighted by molar-refractivity contribution is 5.92. The average molecular weight is 249 g/mol. The molecule has 0 aliphatic heterocycles. The van der Waals surface area contributed by atoms with Gasteiger partial charge in [-0.2, -0.15) is 5.10 Å². The quantitative estimate of drug-likeness (QED) is 0.827. The van der Waals surface area contributed by atoms with Crippen molar-refractivity contribution in [2.24, 2.45) is 0 Å². The summed E-state index contributed by atoms with van der Waals surface area (Å²) in [5, 5.41) is 12.9. The van der Waals surface area contributed by atoms with E-state index in [1.54, 1.807) is 6.92 Å². The van der Waals surface area contributed by atoms with Crippen molar-refractivity contribution in [2.75, 3.05) is 0 Å². The van der Waals surface area contributed by atoms with Gasteiger partial charge in [-0.05, 0) is 6.92 Å². The van der Waals surface area contributed by atoms with E-state index in [1.807, 2.05) is 0 Å². The van der Waals surface area contributed by atoms with Gasteiger partial charge in [0, 0.05) is 6.20 Å². The molecule has 7 heteroatoms. The molecule has 2 aromatic heterocycles. The van der Waals surface area contributed by atoms with Crippen molar-refractivity contribution in [1.82, 2.24) is 14.8 Å². The number of rotatable bonds is 3. The van der Waals surface area contributed by atoms with Gasteiger partial charge in [-0.1, -0.05) is 0 Å². The van der Waals surface area contributed by atoms with Crippen LogP contribution in [-0.2, 0) is 0 Å². The zero-order valence-electron chi connectivity index (χ0n) is 9.29. The molecule has 0 aliphatic carbocycles. The van der Waals surface area contributed by atoms with Crippen molar-refractivity contribution >= 4 is 12.3 Å². The normalized spacial score (nSPS) is 10.3. The van der Waals surface area contributed by atoms with Crippen LogP contribution in [0.15, 0.2) is 18.6 Å². The second kappa shape index (κ2) is 4.36. The molecule has 2 heterocycles. The smallest absolute Gasteiger partial charge is 0.341 e. The first kappa shape index (κ1) is 11.9. The molecule has 2 rings (SSSR count). The summed E-state index contributed by atoms with van der Waals surface area (Å²) in [6.07, 6.45) is 3.90. The van der Waals surface area contributed by atoms with Crippen LogP contribution in [0, 0.1) is 12.7 Å². The summed E-state index contributed by atoms with van der Waals surface area (Å²) in [6, 6.07) is 0. The summed E-state index contributed by atoms with van der Waals surface area (Å²) in [5.41, 5.74) is 0.157. The molecular weight excluding hydrogens is 241 g/mol. The van der Waals surface area contributed by atoms with Gasteiger partial charge in [0.1, 0.15) is 11.3 Å². The molecule has 2 aromatic rings. The summed E-state index contributed by atoms with van der Waals surface area (Å²) < 4.78 is 14.5. The minimum atomic E-state index is -1.43. The minimum absolute atomic E-state index is 0.0290. The van der Waals surface area contributed by atoms with Crippen LogP contribution in [0.2, 0.25) is 0 Å². The summed E-state index contributed by atoms with van der Waals surface area (Å²) in [7, 11) is 0. The van der Waals surface area contributed by atoms with Gasteiger partial charge >= 0.3 is 5.97 Å². The number of carbonyl (C=O) groups excluding carboxylic acids is 1. The van der Waals surface area contributed by atoms with Gasteiger partial charge < -0.3 is 5.11 Å². The number of aryl methyl sites for hydroxylation is 1. The van der Waals surface area contributed by atoms with Gasteiger partial charge in [0.2, 0.25) is 0 Å². The zero-order valence-corrected chi connectivity index (χ0v) is 9.29. The first-order valence-corrected chi connectivity index (χ1v) is 4.93. The Hall–Kier alpha value is -2.57. The molecular formula is C11H8FN3O3. The van der Waals surface area contributed by atoms with E-state index in [9.17, 15) is 14.0 Å². The van der Waals surface area contributed by atoms with E-state index in [2.05, 4.69) is 10.1 Å². The van der Waals surface area contributed by atoms with E-state index >= 15 is 0 Å². The fourth-order valence-corrected chi connectivity index (χ4v) is 1.52. The second-order valence-corrected chi connectivity index (χ2v) is 3.55. The molecule has 6 nitrogen and oxygen atoms in total. The van der Waals surface area contributed by atoms with Crippen LogP contribution in [0.5, 0.6) is 0 Å². The maximum Gasteiger partial charge on any atom is 0.341 e. The molecule has 0 saturated carbocycles. The van der Waals surface area contributed by atoms with Crippen LogP contribution >= 0.6 is 0 Å². The summed E-state index contributed by atoms with van der Waals surface area (Å²) in [4.78, 5) is 25.3. The number of aromatic nitrogens is 3. The number of carbonyl (C=O) groups is 2. The molecule has 0 spiro atoms. The van der Waals surface area contributed by atoms with E-state index in [0.717, 1.165) is 10.9 Å². The van der Waals surface area contributed by atoms with Crippen LogP contribution in [-0.4, -0.2) is 32.1 Å². The first-order chi connectivity index (χ1) is 8.54. The first-order valence-electron chi connectivity index (χ1n) is 4.93. The van der Waals surface area contributed by atoms with Crippen LogP contribution in [0.4, 0.5) is 4.39 Å². The van der Waals surface area contributed by atoms with Crippen molar-refractivity contribution < 1.29 is 19.1 Å². The number of hydrogen-bond acceptors (Lipinski definition) is 4. The Morgan fingerprint density at radius 1 is 1.50 bits per heavy atom. The summed E-state index contributed by atoms with van der Waals surface area (Å²) >= 11 is 0. The van der Waals surface area contributed by atoms with E-state index in [-0.39, 0.29) is 5.69 Å². The predicted molar refractivity (Wildman–Crippen MR) is 58.4 cm³/mol. The topological polar surface area (TPSA) is 85.1 Å². The lowest BCUT2D eigenvalue weighted by Gasteiger charge is -2.05. The number of nitrogens with zero attached hydrogens (tertiary/aromatic N) is 3. The SMILES string of the molecule is Cc1nn(-c2cncc(F)c2C(=O)O)cc1C=O. The number of aromatic carboxylic acids is 1. The van der Waals surface area contributed by atoms with Gasteiger partial charge in [-0.3, -0.25) is 9.78 Å². The standard InChI is InChI=1S/C11H8FN3O3/c1-6-7(5-16)4-15(14-6)9-3-13-2-8(12)10(9)11(17)18/h2-5H,1H3,(H,17,18). The van der Waals surface area contributed by atoms with Crippen molar-refractivity contribution in [1.29, 1.82) is 0 Å². The highest BCUT2D eigenvalue weighted by atomic mass is 19.1. The zero-order chi connectivity index (χ0) is 13.3. The van der Waals surface area contributed by atoms with Gasteiger partial charge in [-0.25, -0.2) is 13.9 Å². The van der Waals surface area contributed by atoms with Gasteiger partial charge in [0.15, 0.2) is 12.1 Å². The number of hydrogen-bond donors (Lipinski definition) is 1. The van der Waals surface area contributed by atoms with Crippen LogP contribution < -0.4 is 0 Å². The number of carboxylic acids is 1. The Balaban J connectivity index is 2.66. The second-order valence-electron chi connectivity index (χ2n) is 3.55. The number of halogens is 1. The highest BCUT2D eigenvalue weighted by Crippen LogP contribution is 2.17. The summed E-state index contributed by atoms with van der Waals surface area (Å²) in [5.74, 6) is -2.38. The largest absolute Gasteiger partial charge is 0.478 e. The molecule has 0 amide bonds. The molecule has 18 heavy (non-hydrogen) atoms. The van der Waals surface area contributed by atoms with Crippen molar-refractivity contribution in [3.8, 4) is 5.69 Å². The highest BCUT2D eigenvalue weighted by Gasteiger charge is 2.19. The minimum Gasteiger partial charge on any atom is -0.478 e. The molecule has 0 aromatic carbocycles. The molecule has 0 bridgehead atoms. The predicted octanol–water partition coefficient (Wildman–Crippen LogP) is 1.23. The van der Waals surface area contributed by atoms with Crippen LogP contribution in [0.3, 0.4) is 0 Å². The summed E-state index contributed by atoms with van der Waals surface area (Å²) in [6.45, 7) is 1.59. The van der Waals surface area contributed by atoms with E-state index in [1.165, 1.54) is 12.4 Å². The third-order valence-corrected chi connectivity index (χ3v) is 2.40. The molecule has 0 fully saturated rings. The number of carboxylic acid groups (broad SMARTS) is 1. The Bertz CT molecular complexity index is 636. The van der Waals surface area contributed by atoms with Gasteiger partial charge in [0.25, 0.3) is 0 Å². The number of pyridine rings is 1. The fraction of sp³-hybridized carbons (Fsp3) is 0.0909. The molecule has 0 atom stereocenters. The van der Waals surface area contributed by atoms with Crippen molar-refractivity contribution in [3.63, 3.8) is 0 Å². The molecule has 0 unspecified atom stereocenters. The Morgan fingerprint density at radius 3 is 2.78 bits per heavy atom. The lowest BCUT2D eigenvalue weighted by atomic mass is 10.2.